The van der Waals surface area contributed by atoms with Crippen LogP contribution in [0.2, 0.25) is 0 Å². The zero-order valence-electron chi connectivity index (χ0n) is 20.2. The second kappa shape index (κ2) is 9.64. The van der Waals surface area contributed by atoms with Crippen molar-refractivity contribution in [1.29, 1.82) is 0 Å². The van der Waals surface area contributed by atoms with E-state index in [1.165, 1.54) is 7.11 Å². The zero-order valence-corrected chi connectivity index (χ0v) is 20.2. The zero-order chi connectivity index (χ0) is 25.3. The van der Waals surface area contributed by atoms with Gasteiger partial charge in [-0.25, -0.2) is 13.6 Å². The Morgan fingerprint density at radius 3 is 2.67 bits per heavy atom. The summed E-state index contributed by atoms with van der Waals surface area (Å²) < 4.78 is 37.2. The molecule has 36 heavy (non-hydrogen) atoms. The first-order chi connectivity index (χ1) is 17.3. The molecule has 0 amide bonds. The normalized spacial score (nSPS) is 17.9. The van der Waals surface area contributed by atoms with Gasteiger partial charge in [-0.05, 0) is 48.4 Å². The standard InChI is InChI=1S/C27H28F2N4O3/c1-32(19-3-5-20(6-4-19)33-16-27(28,29)17-33)21-7-8-22-18(10-12-36-25(22)13-21)14-31-24-15-30-11-9-23(24)26(34)35-2/h3-9,11,13,15,18,31H,10,12,14,16-17H2,1-2H3/t18-/m0/s1. The molecule has 0 aliphatic carbocycles. The highest BCUT2D eigenvalue weighted by Crippen LogP contribution is 2.39. The number of nitrogens with zero attached hydrogens (tertiary/aromatic N) is 3. The maximum Gasteiger partial charge on any atom is 0.340 e. The van der Waals surface area contributed by atoms with Crippen molar-refractivity contribution >= 4 is 28.7 Å². The molecule has 1 aromatic heterocycles. The van der Waals surface area contributed by atoms with E-state index in [0.717, 1.165) is 34.8 Å². The lowest BCUT2D eigenvalue weighted by atomic mass is 9.92. The first kappa shape index (κ1) is 23.8. The molecule has 0 radical (unpaired) electrons. The van der Waals surface area contributed by atoms with E-state index in [1.54, 1.807) is 23.4 Å². The van der Waals surface area contributed by atoms with Gasteiger partial charge in [0, 0.05) is 48.8 Å². The highest BCUT2D eigenvalue weighted by molar-refractivity contribution is 5.95. The van der Waals surface area contributed by atoms with Gasteiger partial charge in [-0.1, -0.05) is 6.07 Å². The molecular formula is C27H28F2N4O3. The number of nitrogens with one attached hydrogen (secondary N) is 1. The molecule has 188 valence electrons. The van der Waals surface area contributed by atoms with Gasteiger partial charge in [0.25, 0.3) is 5.92 Å². The van der Waals surface area contributed by atoms with Crippen LogP contribution in [0.5, 0.6) is 5.75 Å². The largest absolute Gasteiger partial charge is 0.493 e. The summed E-state index contributed by atoms with van der Waals surface area (Å²) >= 11 is 0. The molecule has 2 aliphatic rings. The Bertz CT molecular complexity index is 1240. The molecule has 3 aromatic rings. The summed E-state index contributed by atoms with van der Waals surface area (Å²) in [4.78, 5) is 19.9. The second-order valence-corrected chi connectivity index (χ2v) is 9.14. The lowest BCUT2D eigenvalue weighted by molar-refractivity contribution is -0.0262. The van der Waals surface area contributed by atoms with Gasteiger partial charge in [0.1, 0.15) is 5.75 Å². The van der Waals surface area contributed by atoms with Crippen molar-refractivity contribution < 1.29 is 23.0 Å². The number of rotatable bonds is 7. The fourth-order valence-electron chi connectivity index (χ4n) is 4.66. The lowest BCUT2D eigenvalue weighted by Crippen LogP contribution is -2.56. The number of methoxy groups -OCH3 is 1. The van der Waals surface area contributed by atoms with Crippen molar-refractivity contribution in [2.45, 2.75) is 18.3 Å². The van der Waals surface area contributed by atoms with E-state index in [0.29, 0.717) is 24.4 Å². The second-order valence-electron chi connectivity index (χ2n) is 9.14. The number of anilines is 4. The van der Waals surface area contributed by atoms with E-state index in [9.17, 15) is 13.6 Å². The molecule has 0 bridgehead atoms. The third-order valence-corrected chi connectivity index (χ3v) is 6.76. The van der Waals surface area contributed by atoms with Crippen molar-refractivity contribution in [3.05, 3.63) is 72.1 Å². The van der Waals surface area contributed by atoms with Crippen molar-refractivity contribution in [2.24, 2.45) is 0 Å². The summed E-state index contributed by atoms with van der Waals surface area (Å²) in [6.45, 7) is 0.757. The predicted molar refractivity (Wildman–Crippen MR) is 135 cm³/mol. The molecule has 5 rings (SSSR count). The van der Waals surface area contributed by atoms with Crippen molar-refractivity contribution in [3.8, 4) is 5.75 Å². The van der Waals surface area contributed by atoms with Gasteiger partial charge in [-0.3, -0.25) is 4.98 Å². The number of fused-ring (bicyclic) bond motifs is 1. The van der Waals surface area contributed by atoms with Gasteiger partial charge < -0.3 is 24.6 Å². The summed E-state index contributed by atoms with van der Waals surface area (Å²) in [5.74, 6) is -1.96. The van der Waals surface area contributed by atoms with E-state index >= 15 is 0 Å². The Kier molecular flexibility index (Phi) is 6.38. The Balaban J connectivity index is 1.28. The van der Waals surface area contributed by atoms with Crippen LogP contribution in [0, 0.1) is 0 Å². The number of carbonyl (C=O) groups is 1. The summed E-state index contributed by atoms with van der Waals surface area (Å²) in [5.41, 5.74) is 4.90. The minimum atomic E-state index is -2.59. The fraction of sp³-hybridized carbons (Fsp3) is 0.333. The molecule has 2 aromatic carbocycles. The molecule has 0 spiro atoms. The lowest BCUT2D eigenvalue weighted by Gasteiger charge is -2.40. The third-order valence-electron chi connectivity index (χ3n) is 6.76. The number of esters is 1. The average Bonchev–Trinajstić information content (AvgIpc) is 2.89. The maximum atomic E-state index is 13.2. The monoisotopic (exact) mass is 494 g/mol. The van der Waals surface area contributed by atoms with Gasteiger partial charge in [0.15, 0.2) is 0 Å². The van der Waals surface area contributed by atoms with Crippen LogP contribution in [-0.4, -0.2) is 57.3 Å². The molecule has 7 nitrogen and oxygen atoms in total. The number of ether oxygens (including phenoxy) is 2. The van der Waals surface area contributed by atoms with Crippen LogP contribution in [0.3, 0.4) is 0 Å². The molecule has 9 heteroatoms. The Hall–Kier alpha value is -3.88. The molecule has 1 saturated heterocycles. The smallest absolute Gasteiger partial charge is 0.340 e. The molecule has 0 unspecified atom stereocenters. The van der Waals surface area contributed by atoms with Crippen LogP contribution in [0.4, 0.5) is 31.5 Å². The summed E-state index contributed by atoms with van der Waals surface area (Å²) in [5, 5.41) is 3.35. The molecule has 1 atom stereocenters. The highest BCUT2D eigenvalue weighted by atomic mass is 19.3. The van der Waals surface area contributed by atoms with Gasteiger partial charge in [0.05, 0.1) is 44.3 Å². The summed E-state index contributed by atoms with van der Waals surface area (Å²) in [6, 6.07) is 15.4. The molecule has 2 aliphatic heterocycles. The van der Waals surface area contributed by atoms with Crippen LogP contribution >= 0.6 is 0 Å². The Labute approximate surface area is 208 Å². The van der Waals surface area contributed by atoms with Gasteiger partial charge >= 0.3 is 5.97 Å². The number of pyridine rings is 1. The molecular weight excluding hydrogens is 466 g/mol. The molecule has 1 N–H and O–H groups in total. The van der Waals surface area contributed by atoms with Gasteiger partial charge in [-0.2, -0.15) is 0 Å². The van der Waals surface area contributed by atoms with Gasteiger partial charge in [0.2, 0.25) is 0 Å². The molecule has 0 saturated carbocycles. The first-order valence-corrected chi connectivity index (χ1v) is 11.8. The highest BCUT2D eigenvalue weighted by Gasteiger charge is 2.43. The van der Waals surface area contributed by atoms with E-state index in [-0.39, 0.29) is 19.0 Å². The number of aromatic nitrogens is 1. The number of halogens is 2. The van der Waals surface area contributed by atoms with E-state index in [4.69, 9.17) is 9.47 Å². The number of alkyl halides is 2. The van der Waals surface area contributed by atoms with Crippen molar-refractivity contribution in [3.63, 3.8) is 0 Å². The minimum Gasteiger partial charge on any atom is -0.493 e. The third kappa shape index (κ3) is 4.78. The van der Waals surface area contributed by atoms with E-state index in [1.807, 2.05) is 48.3 Å². The molecule has 3 heterocycles. The van der Waals surface area contributed by atoms with Crippen LogP contribution in [-0.2, 0) is 4.74 Å². The quantitative estimate of drug-likeness (QED) is 0.460. The van der Waals surface area contributed by atoms with Crippen LogP contribution in [0.15, 0.2) is 60.9 Å². The minimum absolute atomic E-state index is 0.202. The number of carbonyl (C=O) groups excluding carboxylic acids is 1. The molecule has 1 fully saturated rings. The Morgan fingerprint density at radius 2 is 1.94 bits per heavy atom. The number of hydrogen-bond acceptors (Lipinski definition) is 7. The van der Waals surface area contributed by atoms with E-state index < -0.39 is 11.9 Å². The van der Waals surface area contributed by atoms with Crippen LogP contribution in [0.1, 0.15) is 28.3 Å². The maximum absolute atomic E-state index is 13.2. The van der Waals surface area contributed by atoms with E-state index in [2.05, 4.69) is 16.4 Å². The first-order valence-electron chi connectivity index (χ1n) is 11.8. The number of benzene rings is 2. The topological polar surface area (TPSA) is 66.9 Å². The Morgan fingerprint density at radius 1 is 1.19 bits per heavy atom. The summed E-state index contributed by atoms with van der Waals surface area (Å²) in [7, 11) is 3.32. The number of hydrogen-bond donors (Lipinski definition) is 1. The van der Waals surface area contributed by atoms with Crippen molar-refractivity contribution in [2.75, 3.05) is 55.5 Å². The summed E-state index contributed by atoms with van der Waals surface area (Å²) in [6.07, 6.45) is 4.04. The average molecular weight is 495 g/mol. The fourth-order valence-corrected chi connectivity index (χ4v) is 4.66. The van der Waals surface area contributed by atoms with Crippen molar-refractivity contribution in [1.82, 2.24) is 4.98 Å². The predicted octanol–water partition coefficient (Wildman–Crippen LogP) is 5.07. The van der Waals surface area contributed by atoms with Crippen LogP contribution < -0.4 is 19.9 Å². The van der Waals surface area contributed by atoms with Gasteiger partial charge in [-0.15, -0.1) is 0 Å². The van der Waals surface area contributed by atoms with Crippen LogP contribution in [0.25, 0.3) is 0 Å². The SMILES string of the molecule is COC(=O)c1ccncc1NC[C@@H]1CCOc2cc(N(C)c3ccc(N4CC(F)(F)C4)cc3)ccc21.